The number of halogens is 1. The van der Waals surface area contributed by atoms with Crippen LogP contribution in [-0.2, 0) is 0 Å². The molecule has 0 bridgehead atoms. The van der Waals surface area contributed by atoms with Crippen molar-refractivity contribution in [3.63, 3.8) is 0 Å². The van der Waals surface area contributed by atoms with Crippen LogP contribution in [0.5, 0.6) is 0 Å². The van der Waals surface area contributed by atoms with Gasteiger partial charge in [-0.05, 0) is 30.3 Å². The summed E-state index contributed by atoms with van der Waals surface area (Å²) in [5.74, 6) is 0.209. The Bertz CT molecular complexity index is 1270. The number of benzene rings is 3. The van der Waals surface area contributed by atoms with E-state index in [0.717, 1.165) is 21.8 Å². The number of rotatable bonds is 3. The minimum absolute atomic E-state index is 0.0160. The summed E-state index contributed by atoms with van der Waals surface area (Å²) in [4.78, 5) is 17.4. The molecule has 0 aliphatic carbocycles. The van der Waals surface area contributed by atoms with Crippen molar-refractivity contribution in [1.29, 1.82) is 0 Å². The lowest BCUT2D eigenvalue weighted by Gasteiger charge is -2.04. The Kier molecular flexibility index (Phi) is 3.92. The predicted molar refractivity (Wildman–Crippen MR) is 110 cm³/mol. The second-order valence-electron chi connectivity index (χ2n) is 6.14. The molecule has 0 amide bonds. The van der Waals surface area contributed by atoms with Crippen LogP contribution in [-0.4, -0.2) is 21.2 Å². The first-order valence-corrected chi connectivity index (χ1v) is 9.77. The molecule has 6 heteroatoms. The van der Waals surface area contributed by atoms with Gasteiger partial charge in [-0.25, -0.2) is 4.98 Å². The molecule has 0 radical (unpaired) electrons. The molecular formula is C21H13ClN2O2S. The molecule has 0 fully saturated rings. The van der Waals surface area contributed by atoms with E-state index in [9.17, 15) is 4.79 Å². The highest BCUT2D eigenvalue weighted by Gasteiger charge is 2.17. The molecular weight excluding hydrogens is 380 g/mol. The minimum Gasteiger partial charge on any atom is -0.431 e. The zero-order valence-corrected chi connectivity index (χ0v) is 15.6. The molecule has 5 rings (SSSR count). The van der Waals surface area contributed by atoms with Gasteiger partial charge in [-0.1, -0.05) is 59.8 Å². The van der Waals surface area contributed by atoms with Crippen LogP contribution in [0.25, 0.3) is 32.9 Å². The number of fused-ring (bicyclic) bond motifs is 4. The Morgan fingerprint density at radius 1 is 1.00 bits per heavy atom. The zero-order chi connectivity index (χ0) is 18.4. The first-order valence-electron chi connectivity index (χ1n) is 8.41. The number of nitrogens with zero attached hydrogens (tertiary/aromatic N) is 2. The second-order valence-corrected chi connectivity index (χ2v) is 7.51. The summed E-state index contributed by atoms with van der Waals surface area (Å²) in [6, 6.07) is 21.2. The number of para-hydroxylation sites is 2. The normalized spacial score (nSPS) is 11.6. The van der Waals surface area contributed by atoms with Crippen LogP contribution in [0.15, 0.2) is 76.4 Å². The molecule has 0 spiro atoms. The van der Waals surface area contributed by atoms with Gasteiger partial charge in [0.05, 0.1) is 16.8 Å². The number of hydrogen-bond acceptors (Lipinski definition) is 4. The van der Waals surface area contributed by atoms with Crippen LogP contribution >= 0.6 is 23.4 Å². The molecule has 2 aromatic heterocycles. The van der Waals surface area contributed by atoms with Crippen molar-refractivity contribution in [1.82, 2.24) is 9.55 Å². The number of carbonyl (C=O) groups excluding carboxylic acids is 1. The summed E-state index contributed by atoms with van der Waals surface area (Å²) in [7, 11) is 0. The van der Waals surface area contributed by atoms with Crippen molar-refractivity contribution in [2.24, 2.45) is 0 Å². The lowest BCUT2D eigenvalue weighted by Crippen LogP contribution is -2.12. The standard InChI is InChI=1S/C21H13ClN2O2S/c22-13-9-10-19-16(11-13)23-21(26-19)27-12-20(25)24-17-7-3-1-5-14(17)15-6-2-4-8-18(15)24/h1-11H,12H2. The first kappa shape index (κ1) is 16.4. The van der Waals surface area contributed by atoms with Crippen molar-refractivity contribution in [3.8, 4) is 0 Å². The Morgan fingerprint density at radius 3 is 2.37 bits per heavy atom. The van der Waals surface area contributed by atoms with Crippen molar-refractivity contribution < 1.29 is 9.21 Å². The molecule has 132 valence electrons. The van der Waals surface area contributed by atoms with Crippen molar-refractivity contribution in [2.45, 2.75) is 5.22 Å². The van der Waals surface area contributed by atoms with Gasteiger partial charge in [-0.3, -0.25) is 9.36 Å². The molecule has 0 aliphatic rings. The molecule has 0 saturated heterocycles. The van der Waals surface area contributed by atoms with Crippen LogP contribution < -0.4 is 0 Å². The largest absolute Gasteiger partial charge is 0.431 e. The fourth-order valence-corrected chi connectivity index (χ4v) is 4.17. The van der Waals surface area contributed by atoms with Gasteiger partial charge in [0.1, 0.15) is 5.52 Å². The van der Waals surface area contributed by atoms with E-state index < -0.39 is 0 Å². The van der Waals surface area contributed by atoms with Gasteiger partial charge in [-0.2, -0.15) is 0 Å². The predicted octanol–water partition coefficient (Wildman–Crippen LogP) is 6.02. The molecule has 0 N–H and O–H groups in total. The summed E-state index contributed by atoms with van der Waals surface area (Å²) >= 11 is 7.27. The van der Waals surface area contributed by atoms with Gasteiger partial charge in [0.2, 0.25) is 5.91 Å². The highest BCUT2D eigenvalue weighted by Crippen LogP contribution is 2.30. The number of aromatic nitrogens is 2. The molecule has 2 heterocycles. The second kappa shape index (κ2) is 6.44. The van der Waals surface area contributed by atoms with E-state index in [1.54, 1.807) is 22.8 Å². The maximum Gasteiger partial charge on any atom is 0.257 e. The average Bonchev–Trinajstić information content (AvgIpc) is 3.24. The molecule has 0 atom stereocenters. The third kappa shape index (κ3) is 2.80. The van der Waals surface area contributed by atoms with Crippen LogP contribution in [0.1, 0.15) is 4.79 Å². The average molecular weight is 393 g/mol. The molecule has 3 aromatic carbocycles. The third-order valence-corrected chi connectivity index (χ3v) is 5.53. The quantitative estimate of drug-likeness (QED) is 0.352. The smallest absolute Gasteiger partial charge is 0.257 e. The summed E-state index contributed by atoms with van der Waals surface area (Å²) in [6.45, 7) is 0. The Hall–Kier alpha value is -2.76. The van der Waals surface area contributed by atoms with E-state index in [0.29, 0.717) is 21.3 Å². The number of oxazole rings is 1. The van der Waals surface area contributed by atoms with Gasteiger partial charge in [0, 0.05) is 15.8 Å². The van der Waals surface area contributed by atoms with Crippen LogP contribution in [0.4, 0.5) is 0 Å². The summed E-state index contributed by atoms with van der Waals surface area (Å²) < 4.78 is 7.47. The molecule has 0 aliphatic heterocycles. The van der Waals surface area contributed by atoms with Crippen LogP contribution in [0, 0.1) is 0 Å². The highest BCUT2D eigenvalue weighted by atomic mass is 35.5. The van der Waals surface area contributed by atoms with Gasteiger partial charge < -0.3 is 4.42 Å². The fourth-order valence-electron chi connectivity index (χ4n) is 3.32. The van der Waals surface area contributed by atoms with Gasteiger partial charge in [0.15, 0.2) is 5.58 Å². The van der Waals surface area contributed by atoms with E-state index in [1.807, 2.05) is 48.5 Å². The maximum atomic E-state index is 13.0. The third-order valence-electron chi connectivity index (χ3n) is 4.48. The minimum atomic E-state index is -0.0160. The monoisotopic (exact) mass is 392 g/mol. The topological polar surface area (TPSA) is 48.0 Å². The van der Waals surface area contributed by atoms with Crippen molar-refractivity contribution in [2.75, 3.05) is 5.75 Å². The van der Waals surface area contributed by atoms with E-state index in [2.05, 4.69) is 4.98 Å². The van der Waals surface area contributed by atoms with E-state index >= 15 is 0 Å². The lowest BCUT2D eigenvalue weighted by molar-refractivity contribution is 0.0951. The molecule has 27 heavy (non-hydrogen) atoms. The van der Waals surface area contributed by atoms with Crippen LogP contribution in [0.2, 0.25) is 5.02 Å². The van der Waals surface area contributed by atoms with Gasteiger partial charge >= 0.3 is 0 Å². The highest BCUT2D eigenvalue weighted by molar-refractivity contribution is 7.99. The molecule has 5 aromatic rings. The first-order chi connectivity index (χ1) is 13.2. The van der Waals surface area contributed by atoms with Gasteiger partial charge in [-0.15, -0.1) is 0 Å². The summed E-state index contributed by atoms with van der Waals surface area (Å²) in [5, 5.41) is 3.21. The summed E-state index contributed by atoms with van der Waals surface area (Å²) in [5.41, 5.74) is 3.17. The number of carbonyl (C=O) groups is 1. The fraction of sp³-hybridized carbons (Fsp3) is 0.0476. The van der Waals surface area contributed by atoms with Crippen molar-refractivity contribution in [3.05, 3.63) is 71.8 Å². The van der Waals surface area contributed by atoms with Crippen LogP contribution in [0.3, 0.4) is 0 Å². The van der Waals surface area contributed by atoms with E-state index in [4.69, 9.17) is 16.0 Å². The zero-order valence-electron chi connectivity index (χ0n) is 14.1. The Balaban J connectivity index is 1.50. The van der Waals surface area contributed by atoms with Gasteiger partial charge in [0.25, 0.3) is 5.22 Å². The van der Waals surface area contributed by atoms with E-state index in [1.165, 1.54) is 11.8 Å². The van der Waals surface area contributed by atoms with Crippen molar-refractivity contribution >= 4 is 62.2 Å². The molecule has 0 saturated carbocycles. The number of thioether (sulfide) groups is 1. The Morgan fingerprint density at radius 2 is 1.67 bits per heavy atom. The number of hydrogen-bond donors (Lipinski definition) is 0. The maximum absolute atomic E-state index is 13.0. The molecule has 0 unspecified atom stereocenters. The Labute approximate surface area is 163 Å². The molecule has 4 nitrogen and oxygen atoms in total. The van der Waals surface area contributed by atoms with E-state index in [-0.39, 0.29) is 11.7 Å². The lowest BCUT2D eigenvalue weighted by atomic mass is 10.2. The SMILES string of the molecule is O=C(CSc1nc2cc(Cl)ccc2o1)n1c2ccccc2c2ccccc21. The summed E-state index contributed by atoms with van der Waals surface area (Å²) in [6.07, 6.45) is 0.